The molecule has 0 saturated carbocycles. The van der Waals surface area contributed by atoms with Crippen molar-refractivity contribution >= 4 is 11.4 Å². The number of aromatic nitrogens is 2. The number of aryl methyl sites for hydroxylation is 1. The van der Waals surface area contributed by atoms with Crippen LogP contribution in [0.3, 0.4) is 0 Å². The number of imidazole rings is 1. The number of carbonyl (C=O) groups is 1. The zero-order valence-corrected chi connectivity index (χ0v) is 24.5. The lowest BCUT2D eigenvalue weighted by Gasteiger charge is -2.46. The van der Waals surface area contributed by atoms with E-state index in [0.29, 0.717) is 56.4 Å². The van der Waals surface area contributed by atoms with Gasteiger partial charge in [-0.25, -0.2) is 9.37 Å². The number of pyridine rings is 1. The molecule has 3 aliphatic rings. The van der Waals surface area contributed by atoms with Gasteiger partial charge in [0.25, 0.3) is 5.91 Å². The summed E-state index contributed by atoms with van der Waals surface area (Å²) in [6.07, 6.45) is 5.91. The average molecular weight is 565 g/mol. The fraction of sp³-hybridized carbons (Fsp3) is 0.562. The molecule has 6 rings (SSSR count). The van der Waals surface area contributed by atoms with Crippen LogP contribution in [0.2, 0.25) is 0 Å². The van der Waals surface area contributed by atoms with Gasteiger partial charge in [0.15, 0.2) is 6.29 Å². The molecule has 1 amide bonds. The first-order chi connectivity index (χ1) is 19.8. The monoisotopic (exact) mass is 564 g/mol. The van der Waals surface area contributed by atoms with Gasteiger partial charge in [-0.05, 0) is 61.9 Å². The number of benzene rings is 1. The van der Waals surface area contributed by atoms with Gasteiger partial charge in [0.05, 0.1) is 49.7 Å². The number of nitrogens with zero attached hydrogens (tertiary/aromatic N) is 4. The lowest BCUT2D eigenvalue weighted by Crippen LogP contribution is -2.52. The molecule has 0 spiro atoms. The molecule has 3 fully saturated rings. The van der Waals surface area contributed by atoms with Crippen LogP contribution in [0.4, 0.5) is 4.39 Å². The second-order valence-corrected chi connectivity index (χ2v) is 12.1. The van der Waals surface area contributed by atoms with E-state index in [9.17, 15) is 9.18 Å². The first kappa shape index (κ1) is 28.3. The molecule has 3 aromatic rings. The van der Waals surface area contributed by atoms with Gasteiger partial charge in [-0.1, -0.05) is 19.9 Å². The minimum absolute atomic E-state index is 0.0717. The topological polar surface area (TPSA) is 68.5 Å². The first-order valence-corrected chi connectivity index (χ1v) is 14.9. The maximum Gasteiger partial charge on any atom is 0.254 e. The maximum atomic E-state index is 14.6. The van der Waals surface area contributed by atoms with Crippen LogP contribution in [0.25, 0.3) is 16.6 Å². The molecule has 2 aromatic heterocycles. The van der Waals surface area contributed by atoms with E-state index in [0.717, 1.165) is 48.4 Å². The number of hydrogen-bond donors (Lipinski definition) is 0. The highest BCUT2D eigenvalue weighted by Gasteiger charge is 2.36. The van der Waals surface area contributed by atoms with Crippen LogP contribution in [-0.2, 0) is 14.2 Å². The highest BCUT2D eigenvalue weighted by atomic mass is 19.1. The lowest BCUT2D eigenvalue weighted by atomic mass is 9.85. The van der Waals surface area contributed by atoms with E-state index in [1.54, 1.807) is 11.0 Å². The second-order valence-electron chi connectivity index (χ2n) is 12.1. The molecule has 1 aromatic carbocycles. The van der Waals surface area contributed by atoms with Crippen molar-refractivity contribution in [3.05, 3.63) is 59.4 Å². The number of halogens is 1. The zero-order chi connectivity index (χ0) is 28.7. The summed E-state index contributed by atoms with van der Waals surface area (Å²) in [4.78, 5) is 22.7. The van der Waals surface area contributed by atoms with E-state index in [2.05, 4.69) is 40.4 Å². The number of fused-ring (bicyclic) bond motifs is 1. The summed E-state index contributed by atoms with van der Waals surface area (Å²) in [6.45, 7) is 13.3. The molecule has 9 heteroatoms. The van der Waals surface area contributed by atoms with Crippen molar-refractivity contribution in [1.82, 2.24) is 19.2 Å². The maximum absolute atomic E-state index is 14.6. The van der Waals surface area contributed by atoms with Crippen LogP contribution < -0.4 is 0 Å². The van der Waals surface area contributed by atoms with Crippen LogP contribution in [0.15, 0.2) is 36.7 Å². The van der Waals surface area contributed by atoms with Gasteiger partial charge >= 0.3 is 0 Å². The van der Waals surface area contributed by atoms with Crippen molar-refractivity contribution < 1.29 is 23.4 Å². The molecule has 3 saturated heterocycles. The molecule has 0 bridgehead atoms. The fourth-order valence-electron chi connectivity index (χ4n) is 6.61. The predicted molar refractivity (Wildman–Crippen MR) is 155 cm³/mol. The molecule has 5 heterocycles. The van der Waals surface area contributed by atoms with Gasteiger partial charge in [-0.3, -0.25) is 9.69 Å². The number of hydrogen-bond acceptors (Lipinski definition) is 6. The smallest absolute Gasteiger partial charge is 0.254 e. The Bertz CT molecular complexity index is 1400. The van der Waals surface area contributed by atoms with Crippen LogP contribution in [0, 0.1) is 18.7 Å². The van der Waals surface area contributed by atoms with Gasteiger partial charge < -0.3 is 23.5 Å². The van der Waals surface area contributed by atoms with Gasteiger partial charge in [0, 0.05) is 43.4 Å². The molecule has 41 heavy (non-hydrogen) atoms. The van der Waals surface area contributed by atoms with Crippen LogP contribution in [0.1, 0.15) is 61.3 Å². The Morgan fingerprint density at radius 1 is 1.12 bits per heavy atom. The van der Waals surface area contributed by atoms with Gasteiger partial charge in [0.2, 0.25) is 0 Å². The van der Waals surface area contributed by atoms with E-state index >= 15 is 0 Å². The Hall–Kier alpha value is -2.85. The van der Waals surface area contributed by atoms with Crippen molar-refractivity contribution in [2.24, 2.45) is 5.92 Å². The third-order valence-electron chi connectivity index (χ3n) is 8.99. The number of morpholine rings is 1. The molecule has 0 unspecified atom stereocenters. The van der Waals surface area contributed by atoms with Gasteiger partial charge in [-0.15, -0.1) is 0 Å². The summed E-state index contributed by atoms with van der Waals surface area (Å²) >= 11 is 0. The number of rotatable bonds is 8. The molecule has 8 nitrogen and oxygen atoms in total. The Morgan fingerprint density at radius 2 is 1.90 bits per heavy atom. The van der Waals surface area contributed by atoms with Crippen LogP contribution in [-0.4, -0.2) is 89.5 Å². The van der Waals surface area contributed by atoms with Crippen molar-refractivity contribution in [2.45, 2.75) is 64.8 Å². The quantitative estimate of drug-likeness (QED) is 0.388. The summed E-state index contributed by atoms with van der Waals surface area (Å²) in [5.41, 5.74) is 4.13. The number of ether oxygens (including phenoxy) is 3. The van der Waals surface area contributed by atoms with E-state index in [4.69, 9.17) is 14.2 Å². The summed E-state index contributed by atoms with van der Waals surface area (Å²) in [5.74, 6) is 1.19. The predicted octanol–water partition coefficient (Wildman–Crippen LogP) is 4.89. The van der Waals surface area contributed by atoms with E-state index in [1.807, 2.05) is 20.0 Å². The summed E-state index contributed by atoms with van der Waals surface area (Å²) < 4.78 is 33.6. The normalized spacial score (nSPS) is 21.6. The standard InChI is InChI=1S/C32H41FN4O4/c1-20(2)29(7-8-31-40-11-12-41-31)35-16-24(17-35)23-13-27(30-15-34-22(4)37(30)18-23)26-6-5-25(33)14-28(26)32(38)36-9-10-39-19-21(36)3/h5-6,13-15,18,20-21,24,29,31H,7-12,16-17,19H2,1-4H3/t21-,29+/m1/s1. The molecule has 0 N–H and O–H groups in total. The molecule has 3 aliphatic heterocycles. The Morgan fingerprint density at radius 3 is 2.63 bits per heavy atom. The summed E-state index contributed by atoms with van der Waals surface area (Å²) in [6, 6.07) is 7.14. The fourth-order valence-corrected chi connectivity index (χ4v) is 6.61. The van der Waals surface area contributed by atoms with Crippen LogP contribution >= 0.6 is 0 Å². The van der Waals surface area contributed by atoms with Crippen molar-refractivity contribution in [2.75, 3.05) is 46.1 Å². The van der Waals surface area contributed by atoms with Crippen molar-refractivity contribution in [3.63, 3.8) is 0 Å². The molecule has 2 atom stereocenters. The number of likely N-dealkylation sites (tertiary alicyclic amines) is 1. The zero-order valence-electron chi connectivity index (χ0n) is 24.5. The Kier molecular flexibility index (Phi) is 8.14. The Labute approximate surface area is 241 Å². The van der Waals surface area contributed by atoms with Gasteiger partial charge in [-0.2, -0.15) is 0 Å². The molecule has 0 aliphatic carbocycles. The highest BCUT2D eigenvalue weighted by molar-refractivity contribution is 6.03. The first-order valence-electron chi connectivity index (χ1n) is 14.9. The lowest BCUT2D eigenvalue weighted by molar-refractivity contribution is -0.0564. The molecular formula is C32H41FN4O4. The van der Waals surface area contributed by atoms with Crippen molar-refractivity contribution in [3.8, 4) is 11.1 Å². The van der Waals surface area contributed by atoms with Crippen molar-refractivity contribution in [1.29, 1.82) is 0 Å². The molecule has 0 radical (unpaired) electrons. The number of amides is 1. The number of carbonyl (C=O) groups excluding carboxylic acids is 1. The average Bonchev–Trinajstić information content (AvgIpc) is 3.59. The molecular weight excluding hydrogens is 523 g/mol. The van der Waals surface area contributed by atoms with E-state index in [1.165, 1.54) is 17.7 Å². The van der Waals surface area contributed by atoms with E-state index < -0.39 is 5.82 Å². The SMILES string of the molecule is Cc1ncc2c(-c3ccc(F)cc3C(=O)N3CCOC[C@H]3C)cc(C3CN([C@@H](CCC4OCCO4)C(C)C)C3)cn12. The third-order valence-corrected chi connectivity index (χ3v) is 8.99. The van der Waals surface area contributed by atoms with Gasteiger partial charge in [0.1, 0.15) is 11.6 Å². The molecule has 220 valence electrons. The minimum atomic E-state index is -0.419. The Balaban J connectivity index is 1.29. The summed E-state index contributed by atoms with van der Waals surface area (Å²) in [5, 5.41) is 0. The van der Waals surface area contributed by atoms with E-state index in [-0.39, 0.29) is 18.2 Å². The second kappa shape index (κ2) is 11.8. The van der Waals surface area contributed by atoms with Crippen LogP contribution in [0.5, 0.6) is 0 Å². The minimum Gasteiger partial charge on any atom is -0.377 e. The third kappa shape index (κ3) is 5.65. The largest absolute Gasteiger partial charge is 0.377 e. The highest BCUT2D eigenvalue weighted by Crippen LogP contribution is 2.37. The summed E-state index contributed by atoms with van der Waals surface area (Å²) in [7, 11) is 0.